The SMILES string of the molecule is CCOc1cc(/C=C(/C#N)C(=O)Nc2nnc(C(C)C)s2)ccc1OCCOc1c(C)cccc1C. The summed E-state index contributed by atoms with van der Waals surface area (Å²) in [5.74, 6) is 1.59. The molecular formula is C27H30N4O4S. The number of nitriles is 1. The zero-order valence-electron chi connectivity index (χ0n) is 21.1. The topological polar surface area (TPSA) is 106 Å². The summed E-state index contributed by atoms with van der Waals surface area (Å²) in [6, 6.07) is 13.2. The normalized spacial score (nSPS) is 11.2. The molecule has 1 aromatic heterocycles. The maximum absolute atomic E-state index is 12.6. The first-order chi connectivity index (χ1) is 17.3. The first-order valence-electron chi connectivity index (χ1n) is 11.7. The summed E-state index contributed by atoms with van der Waals surface area (Å²) in [6.45, 7) is 11.0. The van der Waals surface area contributed by atoms with E-state index in [0.29, 0.717) is 42.0 Å². The van der Waals surface area contributed by atoms with Gasteiger partial charge in [-0.15, -0.1) is 10.2 Å². The van der Waals surface area contributed by atoms with Gasteiger partial charge < -0.3 is 14.2 Å². The highest BCUT2D eigenvalue weighted by Crippen LogP contribution is 2.30. The average Bonchev–Trinajstić information content (AvgIpc) is 3.31. The van der Waals surface area contributed by atoms with Crippen LogP contribution < -0.4 is 19.5 Å². The molecule has 0 spiro atoms. The number of para-hydroxylation sites is 1. The molecule has 0 radical (unpaired) electrons. The van der Waals surface area contributed by atoms with E-state index in [2.05, 4.69) is 15.5 Å². The first-order valence-corrected chi connectivity index (χ1v) is 12.5. The number of carbonyl (C=O) groups is 1. The molecule has 0 fully saturated rings. The van der Waals surface area contributed by atoms with Crippen molar-refractivity contribution in [3.8, 4) is 23.3 Å². The van der Waals surface area contributed by atoms with E-state index in [4.69, 9.17) is 14.2 Å². The molecule has 36 heavy (non-hydrogen) atoms. The smallest absolute Gasteiger partial charge is 0.268 e. The summed E-state index contributed by atoms with van der Waals surface area (Å²) in [5, 5.41) is 21.4. The number of benzene rings is 2. The third kappa shape index (κ3) is 7.06. The summed E-state index contributed by atoms with van der Waals surface area (Å²) in [4.78, 5) is 12.6. The van der Waals surface area contributed by atoms with E-state index in [9.17, 15) is 10.1 Å². The Labute approximate surface area is 215 Å². The summed E-state index contributed by atoms with van der Waals surface area (Å²) in [6.07, 6.45) is 1.50. The summed E-state index contributed by atoms with van der Waals surface area (Å²) >= 11 is 1.29. The minimum Gasteiger partial charge on any atom is -0.490 e. The van der Waals surface area contributed by atoms with E-state index >= 15 is 0 Å². The molecule has 0 saturated carbocycles. The highest BCUT2D eigenvalue weighted by Gasteiger charge is 2.15. The Hall–Kier alpha value is -3.90. The molecule has 0 aliphatic carbocycles. The predicted molar refractivity (Wildman–Crippen MR) is 141 cm³/mol. The van der Waals surface area contributed by atoms with Gasteiger partial charge in [0.15, 0.2) is 11.5 Å². The van der Waals surface area contributed by atoms with Gasteiger partial charge in [-0.3, -0.25) is 10.1 Å². The minimum atomic E-state index is -0.550. The standard InChI is InChI=1S/C27H30N4O4S/c1-6-33-23-15-20(14-21(16-28)25(32)29-27-31-30-26(36-27)17(2)3)10-11-22(23)34-12-13-35-24-18(4)8-7-9-19(24)5/h7-11,14-15,17H,6,12-13H2,1-5H3,(H,29,31,32)/b21-14-. The van der Waals surface area contributed by atoms with Crippen LogP contribution >= 0.6 is 11.3 Å². The van der Waals surface area contributed by atoms with Crippen molar-refractivity contribution in [3.63, 3.8) is 0 Å². The Morgan fingerprint density at radius 1 is 1.08 bits per heavy atom. The maximum Gasteiger partial charge on any atom is 0.268 e. The number of hydrogen-bond donors (Lipinski definition) is 1. The summed E-state index contributed by atoms with van der Waals surface area (Å²) in [5.41, 5.74) is 2.72. The van der Waals surface area contributed by atoms with Crippen molar-refractivity contribution in [1.29, 1.82) is 5.26 Å². The van der Waals surface area contributed by atoms with Crippen LogP contribution in [0.2, 0.25) is 0 Å². The number of aryl methyl sites for hydroxylation is 2. The maximum atomic E-state index is 12.6. The van der Waals surface area contributed by atoms with Gasteiger partial charge in [-0.1, -0.05) is 49.4 Å². The van der Waals surface area contributed by atoms with Crippen LogP contribution in [0.15, 0.2) is 42.0 Å². The Morgan fingerprint density at radius 3 is 2.44 bits per heavy atom. The molecule has 188 valence electrons. The van der Waals surface area contributed by atoms with E-state index in [1.54, 1.807) is 18.2 Å². The Kier molecular flexibility index (Phi) is 9.42. The van der Waals surface area contributed by atoms with Crippen LogP contribution in [0.5, 0.6) is 17.2 Å². The first kappa shape index (κ1) is 26.7. The third-order valence-corrected chi connectivity index (χ3v) is 6.23. The highest BCUT2D eigenvalue weighted by atomic mass is 32.1. The number of ether oxygens (including phenoxy) is 3. The lowest BCUT2D eigenvalue weighted by atomic mass is 10.1. The van der Waals surface area contributed by atoms with Crippen LogP contribution in [-0.4, -0.2) is 35.9 Å². The van der Waals surface area contributed by atoms with Crippen molar-refractivity contribution < 1.29 is 19.0 Å². The van der Waals surface area contributed by atoms with Gasteiger partial charge in [-0.2, -0.15) is 5.26 Å². The molecule has 0 aliphatic heterocycles. The Balaban J connectivity index is 1.67. The molecule has 3 rings (SSSR count). The largest absolute Gasteiger partial charge is 0.490 e. The van der Waals surface area contributed by atoms with Crippen molar-refractivity contribution in [3.05, 3.63) is 63.7 Å². The van der Waals surface area contributed by atoms with Crippen molar-refractivity contribution in [2.45, 2.75) is 40.5 Å². The minimum absolute atomic E-state index is 0.0607. The lowest BCUT2D eigenvalue weighted by molar-refractivity contribution is -0.112. The van der Waals surface area contributed by atoms with Crippen molar-refractivity contribution in [2.24, 2.45) is 0 Å². The van der Waals surface area contributed by atoms with E-state index in [-0.39, 0.29) is 11.5 Å². The lowest BCUT2D eigenvalue weighted by Gasteiger charge is -2.15. The number of aromatic nitrogens is 2. The zero-order valence-corrected chi connectivity index (χ0v) is 21.9. The number of carbonyl (C=O) groups excluding carboxylic acids is 1. The quantitative estimate of drug-likeness (QED) is 0.203. The third-order valence-electron chi connectivity index (χ3n) is 5.09. The van der Waals surface area contributed by atoms with Crippen molar-refractivity contribution in [1.82, 2.24) is 10.2 Å². The van der Waals surface area contributed by atoms with E-state index in [1.165, 1.54) is 17.4 Å². The van der Waals surface area contributed by atoms with Crippen LogP contribution in [0.3, 0.4) is 0 Å². The summed E-state index contributed by atoms with van der Waals surface area (Å²) in [7, 11) is 0. The number of hydrogen-bond acceptors (Lipinski definition) is 8. The molecular weight excluding hydrogens is 476 g/mol. The van der Waals surface area contributed by atoms with Gasteiger partial charge in [0.25, 0.3) is 5.91 Å². The number of nitrogens with one attached hydrogen (secondary N) is 1. The fourth-order valence-electron chi connectivity index (χ4n) is 3.32. The van der Waals surface area contributed by atoms with Gasteiger partial charge in [0.2, 0.25) is 5.13 Å². The van der Waals surface area contributed by atoms with Crippen LogP contribution in [0.25, 0.3) is 6.08 Å². The number of rotatable bonds is 11. The van der Waals surface area contributed by atoms with Crippen LogP contribution in [-0.2, 0) is 4.79 Å². The molecule has 0 saturated heterocycles. The van der Waals surface area contributed by atoms with Crippen LogP contribution in [0, 0.1) is 25.2 Å². The molecule has 3 aromatic rings. The fraction of sp³-hybridized carbons (Fsp3) is 0.333. The molecule has 1 N–H and O–H groups in total. The van der Waals surface area contributed by atoms with Gasteiger partial charge in [0.05, 0.1) is 6.61 Å². The molecule has 0 atom stereocenters. The summed E-state index contributed by atoms with van der Waals surface area (Å²) < 4.78 is 17.5. The molecule has 0 unspecified atom stereocenters. The lowest BCUT2D eigenvalue weighted by Crippen LogP contribution is -2.13. The molecule has 0 bridgehead atoms. The number of amides is 1. The predicted octanol–water partition coefficient (Wildman–Crippen LogP) is 5.68. The number of nitrogens with zero attached hydrogens (tertiary/aromatic N) is 3. The van der Waals surface area contributed by atoms with Gasteiger partial charge >= 0.3 is 0 Å². The molecule has 0 aliphatic rings. The number of anilines is 1. The van der Waals surface area contributed by atoms with E-state index < -0.39 is 5.91 Å². The van der Waals surface area contributed by atoms with E-state index in [1.807, 2.05) is 58.9 Å². The highest BCUT2D eigenvalue weighted by molar-refractivity contribution is 7.15. The molecule has 9 heteroatoms. The monoisotopic (exact) mass is 506 g/mol. The van der Waals surface area contributed by atoms with Gasteiger partial charge in [0, 0.05) is 5.92 Å². The van der Waals surface area contributed by atoms with Gasteiger partial charge in [-0.25, -0.2) is 0 Å². The molecule has 8 nitrogen and oxygen atoms in total. The second-order valence-corrected chi connectivity index (χ2v) is 9.29. The molecule has 2 aromatic carbocycles. The Morgan fingerprint density at radius 2 is 1.81 bits per heavy atom. The fourth-order valence-corrected chi connectivity index (χ4v) is 4.06. The average molecular weight is 507 g/mol. The Bertz CT molecular complexity index is 1260. The zero-order chi connectivity index (χ0) is 26.1. The van der Waals surface area contributed by atoms with Gasteiger partial charge in [0.1, 0.15) is 35.6 Å². The van der Waals surface area contributed by atoms with Crippen LogP contribution in [0.1, 0.15) is 48.4 Å². The second kappa shape index (κ2) is 12.7. The molecule has 1 heterocycles. The van der Waals surface area contributed by atoms with Crippen LogP contribution in [0.4, 0.5) is 5.13 Å². The van der Waals surface area contributed by atoms with Crippen molar-refractivity contribution >= 4 is 28.5 Å². The van der Waals surface area contributed by atoms with Crippen molar-refractivity contribution in [2.75, 3.05) is 25.1 Å². The van der Waals surface area contributed by atoms with Gasteiger partial charge in [-0.05, 0) is 55.7 Å². The molecule has 1 amide bonds. The second-order valence-electron chi connectivity index (χ2n) is 8.28. The van der Waals surface area contributed by atoms with E-state index in [0.717, 1.165) is 21.9 Å².